The van der Waals surface area contributed by atoms with Gasteiger partial charge in [-0.2, -0.15) is 0 Å². The van der Waals surface area contributed by atoms with E-state index in [1.807, 2.05) is 54.8 Å². The maximum absolute atomic E-state index is 14.4. The lowest BCUT2D eigenvalue weighted by Gasteiger charge is -2.09. The van der Waals surface area contributed by atoms with Gasteiger partial charge in [0, 0.05) is 21.8 Å². The molecule has 8 heteroatoms. The first-order valence-electron chi connectivity index (χ1n) is 9.03. The lowest BCUT2D eigenvalue weighted by Crippen LogP contribution is -2.19. The van der Waals surface area contributed by atoms with Crippen molar-refractivity contribution in [3.63, 3.8) is 0 Å². The van der Waals surface area contributed by atoms with Gasteiger partial charge in [0.15, 0.2) is 0 Å². The number of carbonyl (C=O) groups is 1. The first-order valence-corrected chi connectivity index (χ1v) is 10.3. The summed E-state index contributed by atoms with van der Waals surface area (Å²) in [4.78, 5) is 13.4. The van der Waals surface area contributed by atoms with Crippen molar-refractivity contribution in [2.24, 2.45) is 0 Å². The van der Waals surface area contributed by atoms with Crippen molar-refractivity contribution in [3.8, 4) is 22.9 Å². The van der Waals surface area contributed by atoms with Gasteiger partial charge in [-0.3, -0.25) is 0 Å². The van der Waals surface area contributed by atoms with Crippen molar-refractivity contribution in [2.45, 2.75) is 4.90 Å². The maximum Gasteiger partial charge on any atom is 0.323 e. The molecule has 30 heavy (non-hydrogen) atoms. The van der Waals surface area contributed by atoms with E-state index in [4.69, 9.17) is 4.42 Å². The number of urea groups is 1. The lowest BCUT2D eigenvalue weighted by atomic mass is 10.2. The van der Waals surface area contributed by atoms with Crippen LogP contribution in [0.25, 0.3) is 22.9 Å². The number of carbonyl (C=O) groups excluding carboxylic acids is 1. The number of anilines is 2. The van der Waals surface area contributed by atoms with E-state index in [1.54, 1.807) is 17.8 Å². The number of hydrogen-bond donors (Lipinski definition) is 2. The minimum absolute atomic E-state index is 0.0306. The van der Waals surface area contributed by atoms with Gasteiger partial charge in [0.1, 0.15) is 5.82 Å². The molecule has 0 bridgehead atoms. The van der Waals surface area contributed by atoms with E-state index in [-0.39, 0.29) is 17.3 Å². The highest BCUT2D eigenvalue weighted by Crippen LogP contribution is 2.28. The molecule has 2 amide bonds. The SMILES string of the molecule is CSc1cccc(NC(=O)Nc2ccc(F)c(-c3nnc(-c4ccccc4)o3)c2)c1. The van der Waals surface area contributed by atoms with Crippen LogP contribution in [-0.2, 0) is 0 Å². The normalized spacial score (nSPS) is 10.6. The van der Waals surface area contributed by atoms with Gasteiger partial charge in [0.25, 0.3) is 5.89 Å². The molecule has 0 radical (unpaired) electrons. The second-order valence-electron chi connectivity index (χ2n) is 6.28. The van der Waals surface area contributed by atoms with Crippen LogP contribution in [0.3, 0.4) is 0 Å². The highest BCUT2D eigenvalue weighted by molar-refractivity contribution is 7.98. The molecule has 1 aromatic heterocycles. The summed E-state index contributed by atoms with van der Waals surface area (Å²) < 4.78 is 20.0. The average molecular weight is 420 g/mol. The van der Waals surface area contributed by atoms with Crippen LogP contribution >= 0.6 is 11.8 Å². The minimum atomic E-state index is -0.531. The number of hydrogen-bond acceptors (Lipinski definition) is 5. The molecule has 0 unspecified atom stereocenters. The fourth-order valence-corrected chi connectivity index (χ4v) is 3.25. The summed E-state index contributed by atoms with van der Waals surface area (Å²) >= 11 is 1.58. The number of nitrogens with zero attached hydrogens (tertiary/aromatic N) is 2. The molecule has 0 aliphatic heterocycles. The largest absolute Gasteiger partial charge is 0.416 e. The molecule has 0 saturated heterocycles. The van der Waals surface area contributed by atoms with Crippen molar-refractivity contribution >= 4 is 29.2 Å². The second kappa shape index (κ2) is 8.79. The van der Waals surface area contributed by atoms with E-state index in [0.717, 1.165) is 10.5 Å². The predicted molar refractivity (Wildman–Crippen MR) is 116 cm³/mol. The Morgan fingerprint density at radius 3 is 2.40 bits per heavy atom. The first-order chi connectivity index (χ1) is 14.6. The quantitative estimate of drug-likeness (QED) is 0.393. The Labute approximate surface area is 176 Å². The molecule has 4 aromatic rings. The molecule has 0 spiro atoms. The monoisotopic (exact) mass is 420 g/mol. The van der Waals surface area contributed by atoms with Gasteiger partial charge in [-0.25, -0.2) is 9.18 Å². The van der Waals surface area contributed by atoms with Gasteiger partial charge in [0.2, 0.25) is 5.89 Å². The molecular weight excluding hydrogens is 403 g/mol. The molecule has 0 atom stereocenters. The Bertz CT molecular complexity index is 1180. The number of nitrogens with one attached hydrogen (secondary N) is 2. The van der Waals surface area contributed by atoms with E-state index >= 15 is 0 Å². The molecule has 0 saturated carbocycles. The van der Waals surface area contributed by atoms with E-state index in [2.05, 4.69) is 20.8 Å². The summed E-state index contributed by atoms with van der Waals surface area (Å²) in [5.74, 6) is -0.213. The van der Waals surface area contributed by atoms with Crippen molar-refractivity contribution in [2.75, 3.05) is 16.9 Å². The van der Waals surface area contributed by atoms with Crippen LogP contribution < -0.4 is 10.6 Å². The summed E-state index contributed by atoms with van der Waals surface area (Å²) in [6, 6.07) is 20.4. The zero-order chi connectivity index (χ0) is 20.9. The van der Waals surface area contributed by atoms with Crippen molar-refractivity contribution in [1.29, 1.82) is 0 Å². The Morgan fingerprint density at radius 2 is 1.63 bits per heavy atom. The summed E-state index contributed by atoms with van der Waals surface area (Å²) in [5.41, 5.74) is 1.89. The third-order valence-electron chi connectivity index (χ3n) is 4.23. The first kappa shape index (κ1) is 19.7. The molecule has 0 aliphatic rings. The van der Waals surface area contributed by atoms with Crippen molar-refractivity contribution in [1.82, 2.24) is 10.2 Å². The van der Waals surface area contributed by atoms with E-state index in [9.17, 15) is 9.18 Å². The van der Waals surface area contributed by atoms with Crippen molar-refractivity contribution < 1.29 is 13.6 Å². The van der Waals surface area contributed by atoms with E-state index in [0.29, 0.717) is 11.4 Å². The van der Waals surface area contributed by atoms with E-state index in [1.165, 1.54) is 18.2 Å². The molecule has 150 valence electrons. The minimum Gasteiger partial charge on any atom is -0.416 e. The summed E-state index contributed by atoms with van der Waals surface area (Å²) in [6.07, 6.45) is 1.96. The van der Waals surface area contributed by atoms with Crippen LogP contribution in [0, 0.1) is 5.82 Å². The highest BCUT2D eigenvalue weighted by atomic mass is 32.2. The van der Waals surface area contributed by atoms with Crippen LogP contribution in [0.5, 0.6) is 0 Å². The number of aromatic nitrogens is 2. The van der Waals surface area contributed by atoms with Crippen LogP contribution in [0.4, 0.5) is 20.6 Å². The Balaban J connectivity index is 1.52. The number of benzene rings is 3. The smallest absolute Gasteiger partial charge is 0.323 e. The average Bonchev–Trinajstić information content (AvgIpc) is 3.26. The van der Waals surface area contributed by atoms with Crippen LogP contribution in [0.15, 0.2) is 82.1 Å². The van der Waals surface area contributed by atoms with Crippen molar-refractivity contribution in [3.05, 3.63) is 78.6 Å². The van der Waals surface area contributed by atoms with Gasteiger partial charge in [-0.15, -0.1) is 22.0 Å². The molecule has 1 heterocycles. The second-order valence-corrected chi connectivity index (χ2v) is 7.16. The summed E-state index contributed by atoms with van der Waals surface area (Å²) in [6.45, 7) is 0. The Hall–Kier alpha value is -3.65. The molecule has 6 nitrogen and oxygen atoms in total. The van der Waals surface area contributed by atoms with Gasteiger partial charge < -0.3 is 15.1 Å². The van der Waals surface area contributed by atoms with Crippen LogP contribution in [0.1, 0.15) is 0 Å². The highest BCUT2D eigenvalue weighted by Gasteiger charge is 2.15. The Kier molecular flexibility index (Phi) is 5.76. The van der Waals surface area contributed by atoms with Gasteiger partial charge in [-0.05, 0) is 54.8 Å². The predicted octanol–water partition coefficient (Wildman–Crippen LogP) is 5.91. The zero-order valence-electron chi connectivity index (χ0n) is 15.9. The molecule has 4 rings (SSSR count). The number of thioether (sulfide) groups is 1. The number of amides is 2. The van der Waals surface area contributed by atoms with Gasteiger partial charge >= 0.3 is 6.03 Å². The molecular formula is C22H17FN4O2S. The molecule has 3 aromatic carbocycles. The molecule has 0 fully saturated rings. The fraction of sp³-hybridized carbons (Fsp3) is 0.0455. The van der Waals surface area contributed by atoms with Gasteiger partial charge in [0.05, 0.1) is 5.56 Å². The third-order valence-corrected chi connectivity index (χ3v) is 4.95. The molecule has 2 N–H and O–H groups in total. The van der Waals surface area contributed by atoms with Crippen LogP contribution in [0.2, 0.25) is 0 Å². The zero-order valence-corrected chi connectivity index (χ0v) is 16.7. The summed E-state index contributed by atoms with van der Waals surface area (Å²) in [5, 5.41) is 13.4. The standard InChI is InChI=1S/C22H17FN4O2S/c1-30-17-9-5-8-15(12-17)24-22(28)25-16-10-11-19(23)18(13-16)21-27-26-20(29-21)14-6-3-2-4-7-14/h2-13H,1H3,(H2,24,25,28). The maximum atomic E-state index is 14.4. The topological polar surface area (TPSA) is 80.0 Å². The Morgan fingerprint density at radius 1 is 0.900 bits per heavy atom. The fourth-order valence-electron chi connectivity index (χ4n) is 2.79. The van der Waals surface area contributed by atoms with E-state index < -0.39 is 11.8 Å². The number of halogens is 1. The number of rotatable bonds is 5. The van der Waals surface area contributed by atoms with Crippen LogP contribution in [-0.4, -0.2) is 22.5 Å². The summed E-state index contributed by atoms with van der Waals surface area (Å²) in [7, 11) is 0. The third kappa shape index (κ3) is 4.49. The lowest BCUT2D eigenvalue weighted by molar-refractivity contribution is 0.262. The molecule has 0 aliphatic carbocycles. The van der Waals surface area contributed by atoms with Gasteiger partial charge in [-0.1, -0.05) is 24.3 Å².